The number of nitrogens with zero attached hydrogens (tertiary/aromatic N) is 2. The maximum atomic E-state index is 6.29. The molecule has 3 aromatic carbocycles. The molecule has 1 aliphatic carbocycles. The van der Waals surface area contributed by atoms with Gasteiger partial charge in [-0.15, -0.1) is 0 Å². The summed E-state index contributed by atoms with van der Waals surface area (Å²) in [5.74, 6) is 0.718. The van der Waals surface area contributed by atoms with E-state index in [1.54, 1.807) is 0 Å². The highest BCUT2D eigenvalue weighted by molar-refractivity contribution is 5.94. The molecule has 31 heavy (non-hydrogen) atoms. The number of pyridine rings is 1. The number of aliphatic imine (C=N–C) groups is 1. The van der Waals surface area contributed by atoms with Gasteiger partial charge in [0.1, 0.15) is 17.8 Å². The molecule has 1 aromatic heterocycles. The first-order valence-electron chi connectivity index (χ1n) is 10.8. The van der Waals surface area contributed by atoms with Gasteiger partial charge in [0.25, 0.3) is 0 Å². The van der Waals surface area contributed by atoms with Crippen LogP contribution in [0, 0.1) is 0 Å². The van der Waals surface area contributed by atoms with Gasteiger partial charge in [-0.25, -0.2) is 9.98 Å². The normalized spacial score (nSPS) is 18.9. The summed E-state index contributed by atoms with van der Waals surface area (Å²) in [6.45, 7) is 0. The van der Waals surface area contributed by atoms with E-state index in [2.05, 4.69) is 84.9 Å². The van der Waals surface area contributed by atoms with E-state index in [9.17, 15) is 0 Å². The molecular weight excluding hydrogens is 380 g/mol. The monoisotopic (exact) mass is 402 g/mol. The molecule has 3 nitrogen and oxygen atoms in total. The molecule has 0 amide bonds. The Balaban J connectivity index is 1.39. The zero-order chi connectivity index (χ0) is 20.6. The Kier molecular flexibility index (Phi) is 4.38. The molecule has 0 spiro atoms. The molecule has 0 fully saturated rings. The van der Waals surface area contributed by atoms with Crippen LogP contribution in [-0.4, -0.2) is 17.0 Å². The van der Waals surface area contributed by atoms with E-state index in [1.807, 2.05) is 18.2 Å². The first-order chi connectivity index (χ1) is 15.4. The van der Waals surface area contributed by atoms with E-state index in [-0.39, 0.29) is 18.1 Å². The topological polar surface area (TPSA) is 34.5 Å². The first kappa shape index (κ1) is 18.1. The number of hydrogen-bond acceptors (Lipinski definition) is 3. The largest absolute Gasteiger partial charge is 0.470 e. The lowest BCUT2D eigenvalue weighted by molar-refractivity contribution is 0.206. The molecule has 0 saturated carbocycles. The van der Waals surface area contributed by atoms with E-state index in [0.717, 1.165) is 17.8 Å². The summed E-state index contributed by atoms with van der Waals surface area (Å²) in [7, 11) is 0. The van der Waals surface area contributed by atoms with Crippen LogP contribution in [0.1, 0.15) is 45.6 Å². The minimum absolute atomic E-state index is 0.0598. The minimum Gasteiger partial charge on any atom is -0.470 e. The number of aromatic nitrogens is 1. The van der Waals surface area contributed by atoms with Crippen LogP contribution >= 0.6 is 0 Å². The second-order valence-electron chi connectivity index (χ2n) is 8.14. The van der Waals surface area contributed by atoms with Crippen LogP contribution in [0.25, 0.3) is 0 Å². The molecule has 150 valence electrons. The standard InChI is InChI=1S/C28H22N2O/c1-3-10-19(11-4-1)26(20-12-5-2-6-13-20)23-16-9-17-24(29-23)28-30-27-22-15-8-7-14-21(22)18-25(27)31-28/h1-17,25-27H,18H2/t25-,27-/m0/s1. The van der Waals surface area contributed by atoms with Gasteiger partial charge < -0.3 is 4.74 Å². The first-order valence-corrected chi connectivity index (χ1v) is 10.8. The molecule has 0 bridgehead atoms. The molecule has 0 N–H and O–H groups in total. The minimum atomic E-state index is 0.0598. The third-order valence-electron chi connectivity index (χ3n) is 6.22. The van der Waals surface area contributed by atoms with Crippen LogP contribution in [-0.2, 0) is 11.2 Å². The van der Waals surface area contributed by atoms with Gasteiger partial charge in [-0.3, -0.25) is 0 Å². The van der Waals surface area contributed by atoms with E-state index in [4.69, 9.17) is 14.7 Å². The van der Waals surface area contributed by atoms with Crippen molar-refractivity contribution in [2.24, 2.45) is 4.99 Å². The number of benzene rings is 3. The maximum Gasteiger partial charge on any atom is 0.236 e. The molecule has 2 heterocycles. The second kappa shape index (κ2) is 7.51. The second-order valence-corrected chi connectivity index (χ2v) is 8.14. The summed E-state index contributed by atoms with van der Waals surface area (Å²) in [4.78, 5) is 9.97. The molecular formula is C28H22N2O. The number of fused-ring (bicyclic) bond motifs is 3. The number of rotatable bonds is 4. The van der Waals surface area contributed by atoms with Gasteiger partial charge in [0.15, 0.2) is 0 Å². The molecule has 2 aliphatic rings. The van der Waals surface area contributed by atoms with Crippen molar-refractivity contribution in [1.82, 2.24) is 4.98 Å². The molecule has 3 heteroatoms. The van der Waals surface area contributed by atoms with Crippen molar-refractivity contribution < 1.29 is 4.74 Å². The van der Waals surface area contributed by atoms with Gasteiger partial charge in [0.2, 0.25) is 5.90 Å². The van der Waals surface area contributed by atoms with Crippen LogP contribution in [0.3, 0.4) is 0 Å². The smallest absolute Gasteiger partial charge is 0.236 e. The van der Waals surface area contributed by atoms with Gasteiger partial charge in [0, 0.05) is 6.42 Å². The fraction of sp³-hybridized carbons (Fsp3) is 0.143. The summed E-state index contributed by atoms with van der Waals surface area (Å²) in [6, 6.07) is 35.8. The summed E-state index contributed by atoms with van der Waals surface area (Å²) in [5, 5.41) is 0. The maximum absolute atomic E-state index is 6.29. The predicted molar refractivity (Wildman–Crippen MR) is 122 cm³/mol. The van der Waals surface area contributed by atoms with Crippen LogP contribution in [0.2, 0.25) is 0 Å². The summed E-state index contributed by atoms with van der Waals surface area (Å²) in [5.41, 5.74) is 6.87. The molecule has 0 unspecified atom stereocenters. The van der Waals surface area contributed by atoms with Crippen molar-refractivity contribution in [3.05, 3.63) is 137 Å². The van der Waals surface area contributed by atoms with Crippen LogP contribution in [0.4, 0.5) is 0 Å². The van der Waals surface area contributed by atoms with Gasteiger partial charge in [-0.2, -0.15) is 0 Å². The molecule has 0 radical (unpaired) electrons. The molecule has 4 aromatic rings. The lowest BCUT2D eigenvalue weighted by atomic mass is 9.88. The van der Waals surface area contributed by atoms with Crippen molar-refractivity contribution in [3.63, 3.8) is 0 Å². The molecule has 6 rings (SSSR count). The molecule has 0 saturated heterocycles. The highest BCUT2D eigenvalue weighted by Gasteiger charge is 2.39. The van der Waals surface area contributed by atoms with Gasteiger partial charge in [0.05, 0.1) is 11.6 Å². The summed E-state index contributed by atoms with van der Waals surface area (Å²) in [6.07, 6.45) is 0.987. The Bertz CT molecular complexity index is 1210. The van der Waals surface area contributed by atoms with Gasteiger partial charge in [-0.05, 0) is 34.4 Å². The molecule has 1 aliphatic heterocycles. The van der Waals surface area contributed by atoms with E-state index in [0.29, 0.717) is 5.90 Å². The lowest BCUT2D eigenvalue weighted by Crippen LogP contribution is -2.15. The van der Waals surface area contributed by atoms with Gasteiger partial charge in [-0.1, -0.05) is 91.0 Å². The number of hydrogen-bond donors (Lipinski definition) is 0. The zero-order valence-corrected chi connectivity index (χ0v) is 17.1. The summed E-state index contributed by atoms with van der Waals surface area (Å²) < 4.78 is 6.29. The number of ether oxygens (including phenoxy) is 1. The Morgan fingerprint density at radius 2 is 1.39 bits per heavy atom. The quantitative estimate of drug-likeness (QED) is 0.438. The average Bonchev–Trinajstić information content (AvgIpc) is 3.39. The third kappa shape index (κ3) is 3.23. The lowest BCUT2D eigenvalue weighted by Gasteiger charge is -2.18. The SMILES string of the molecule is c1ccc(C(c2ccccc2)c2cccc(C3=N[C@H]4c5ccccc5C[C@@H]4O3)n2)cc1. The molecule has 2 atom stereocenters. The fourth-order valence-corrected chi connectivity index (χ4v) is 4.78. The van der Waals surface area contributed by atoms with E-state index >= 15 is 0 Å². The van der Waals surface area contributed by atoms with Crippen LogP contribution in [0.15, 0.2) is 108 Å². The highest BCUT2D eigenvalue weighted by atomic mass is 16.5. The average molecular weight is 402 g/mol. The predicted octanol–water partition coefficient (Wildman–Crippen LogP) is 5.70. The Hall–Kier alpha value is -3.72. The Labute approximate surface area is 182 Å². The fourth-order valence-electron chi connectivity index (χ4n) is 4.78. The Morgan fingerprint density at radius 1 is 0.710 bits per heavy atom. The van der Waals surface area contributed by atoms with Crippen molar-refractivity contribution >= 4 is 5.90 Å². The van der Waals surface area contributed by atoms with Crippen LogP contribution in [0.5, 0.6) is 0 Å². The third-order valence-corrected chi connectivity index (χ3v) is 6.22. The van der Waals surface area contributed by atoms with E-state index in [1.165, 1.54) is 22.3 Å². The van der Waals surface area contributed by atoms with Crippen molar-refractivity contribution in [3.8, 4) is 0 Å². The van der Waals surface area contributed by atoms with E-state index < -0.39 is 0 Å². The highest BCUT2D eigenvalue weighted by Crippen LogP contribution is 2.40. The van der Waals surface area contributed by atoms with Crippen molar-refractivity contribution in [2.45, 2.75) is 24.5 Å². The van der Waals surface area contributed by atoms with Gasteiger partial charge >= 0.3 is 0 Å². The zero-order valence-electron chi connectivity index (χ0n) is 17.1. The Morgan fingerprint density at radius 3 is 2.13 bits per heavy atom. The van der Waals surface area contributed by atoms with Crippen molar-refractivity contribution in [1.29, 1.82) is 0 Å². The summed E-state index contributed by atoms with van der Waals surface area (Å²) >= 11 is 0. The van der Waals surface area contributed by atoms with Crippen molar-refractivity contribution in [2.75, 3.05) is 0 Å². The van der Waals surface area contributed by atoms with Crippen LogP contribution < -0.4 is 0 Å².